The smallest absolute Gasteiger partial charge is 0.0462 e. The summed E-state index contributed by atoms with van der Waals surface area (Å²) in [5, 5.41) is 4.87. The Hall–Kier alpha value is -0.180. The Labute approximate surface area is 121 Å². The van der Waals surface area contributed by atoms with Gasteiger partial charge in [-0.1, -0.05) is 52.3 Å². The molecular weight excluding hydrogens is 262 g/mol. The van der Waals surface area contributed by atoms with Crippen LogP contribution in [0.25, 0.3) is 0 Å². The van der Waals surface area contributed by atoms with Gasteiger partial charge in [-0.25, -0.2) is 0 Å². The van der Waals surface area contributed by atoms with Gasteiger partial charge in [-0.2, -0.15) is 0 Å². The molecule has 0 heterocycles. The van der Waals surface area contributed by atoms with Crippen molar-refractivity contribution in [3.8, 4) is 0 Å². The second kappa shape index (κ2) is 7.42. The molecule has 0 fully saturated rings. The maximum absolute atomic E-state index is 6.32. The second-order valence-electron chi connectivity index (χ2n) is 5.36. The van der Waals surface area contributed by atoms with Crippen molar-refractivity contribution in [2.24, 2.45) is 5.92 Å². The van der Waals surface area contributed by atoms with E-state index in [-0.39, 0.29) is 0 Å². The van der Waals surface area contributed by atoms with Crippen LogP contribution in [0.5, 0.6) is 0 Å². The number of hydrogen-bond acceptors (Lipinski definition) is 2. The summed E-state index contributed by atoms with van der Waals surface area (Å²) in [5.41, 5.74) is 1.17. The quantitative estimate of drug-likeness (QED) is 0.740. The molecule has 0 radical (unpaired) electrons. The first-order valence-corrected chi connectivity index (χ1v) is 7.84. The number of halogens is 1. The minimum atomic E-state index is 0.482. The molecule has 18 heavy (non-hydrogen) atoms. The summed E-state index contributed by atoms with van der Waals surface area (Å²) in [7, 11) is 0. The lowest BCUT2D eigenvalue weighted by molar-refractivity contribution is 0.589. The van der Waals surface area contributed by atoms with Crippen molar-refractivity contribution in [2.45, 2.75) is 57.4 Å². The molecule has 0 saturated carbocycles. The molecule has 0 aliphatic carbocycles. The van der Waals surface area contributed by atoms with Crippen molar-refractivity contribution in [3.63, 3.8) is 0 Å². The zero-order valence-corrected chi connectivity index (χ0v) is 13.5. The van der Waals surface area contributed by atoms with Crippen LogP contribution in [-0.4, -0.2) is 11.3 Å². The van der Waals surface area contributed by atoms with Crippen LogP contribution in [0.2, 0.25) is 5.02 Å². The summed E-state index contributed by atoms with van der Waals surface area (Å²) < 4.78 is 0. The van der Waals surface area contributed by atoms with Gasteiger partial charge in [0, 0.05) is 27.8 Å². The maximum Gasteiger partial charge on any atom is 0.0462 e. The van der Waals surface area contributed by atoms with Crippen molar-refractivity contribution in [1.82, 2.24) is 5.32 Å². The zero-order valence-electron chi connectivity index (χ0n) is 12.0. The van der Waals surface area contributed by atoms with Crippen molar-refractivity contribution in [1.29, 1.82) is 0 Å². The molecule has 3 heteroatoms. The fourth-order valence-electron chi connectivity index (χ4n) is 1.41. The average Bonchev–Trinajstić information content (AvgIpc) is 2.27. The molecule has 1 aromatic carbocycles. The summed E-state index contributed by atoms with van der Waals surface area (Å²) in [6.07, 6.45) is 0. The second-order valence-corrected chi connectivity index (χ2v) is 7.21. The highest BCUT2D eigenvalue weighted by atomic mass is 35.5. The van der Waals surface area contributed by atoms with Gasteiger partial charge in [0.1, 0.15) is 0 Å². The first kappa shape index (κ1) is 15.9. The topological polar surface area (TPSA) is 12.0 Å². The monoisotopic (exact) mass is 285 g/mol. The Balaban J connectivity index is 2.67. The van der Waals surface area contributed by atoms with Gasteiger partial charge in [-0.3, -0.25) is 0 Å². The van der Waals surface area contributed by atoms with Crippen molar-refractivity contribution in [3.05, 3.63) is 28.8 Å². The lowest BCUT2D eigenvalue weighted by Gasteiger charge is -2.16. The standard InChI is InChI=1S/C15H24ClNS/c1-10(2)12(5)18-14-7-6-13(15(16)8-14)9-17-11(3)4/h6-8,10-12,17H,9H2,1-5H3. The maximum atomic E-state index is 6.32. The molecule has 0 aliphatic rings. The third-order valence-electron chi connectivity index (χ3n) is 2.99. The number of benzene rings is 1. The van der Waals surface area contributed by atoms with Gasteiger partial charge in [-0.15, -0.1) is 11.8 Å². The molecule has 1 atom stereocenters. The molecule has 1 unspecified atom stereocenters. The molecule has 0 amide bonds. The van der Waals surface area contributed by atoms with Gasteiger partial charge < -0.3 is 5.32 Å². The minimum Gasteiger partial charge on any atom is -0.310 e. The fourth-order valence-corrected chi connectivity index (χ4v) is 2.76. The molecule has 1 N–H and O–H groups in total. The van der Waals surface area contributed by atoms with Crippen LogP contribution in [0.15, 0.2) is 23.1 Å². The summed E-state index contributed by atoms with van der Waals surface area (Å²) in [6, 6.07) is 6.87. The van der Waals surface area contributed by atoms with E-state index in [9.17, 15) is 0 Å². The molecule has 0 aliphatic heterocycles. The van der Waals surface area contributed by atoms with Crippen LogP contribution in [0.4, 0.5) is 0 Å². The Morgan fingerprint density at radius 1 is 1.17 bits per heavy atom. The van der Waals surface area contributed by atoms with Gasteiger partial charge in [0.15, 0.2) is 0 Å². The molecule has 1 nitrogen and oxygen atoms in total. The van der Waals surface area contributed by atoms with E-state index >= 15 is 0 Å². The molecule has 1 aromatic rings. The normalized spacial score (nSPS) is 13.3. The number of thioether (sulfide) groups is 1. The van der Waals surface area contributed by atoms with Crippen LogP contribution < -0.4 is 5.32 Å². The van der Waals surface area contributed by atoms with E-state index in [1.165, 1.54) is 10.5 Å². The first-order valence-electron chi connectivity index (χ1n) is 6.58. The Morgan fingerprint density at radius 2 is 1.83 bits per heavy atom. The molecule has 102 valence electrons. The highest BCUT2D eigenvalue weighted by Crippen LogP contribution is 2.30. The summed E-state index contributed by atoms with van der Waals surface area (Å²) in [4.78, 5) is 1.26. The molecule has 0 spiro atoms. The lowest BCUT2D eigenvalue weighted by Crippen LogP contribution is -2.21. The fraction of sp³-hybridized carbons (Fsp3) is 0.600. The van der Waals surface area contributed by atoms with E-state index in [0.717, 1.165) is 11.6 Å². The third kappa shape index (κ3) is 5.21. The minimum absolute atomic E-state index is 0.482. The predicted octanol–water partition coefficient (Wildman–Crippen LogP) is 4.97. The lowest BCUT2D eigenvalue weighted by atomic mass is 10.2. The van der Waals surface area contributed by atoms with Gasteiger partial charge in [0.2, 0.25) is 0 Å². The van der Waals surface area contributed by atoms with Crippen molar-refractivity contribution >= 4 is 23.4 Å². The average molecular weight is 286 g/mol. The third-order valence-corrected chi connectivity index (χ3v) is 4.78. The molecular formula is C15H24ClNS. The molecule has 1 rings (SSSR count). The van der Waals surface area contributed by atoms with Crippen molar-refractivity contribution in [2.75, 3.05) is 0 Å². The summed E-state index contributed by atoms with van der Waals surface area (Å²) >= 11 is 8.22. The number of rotatable bonds is 6. The number of hydrogen-bond donors (Lipinski definition) is 1. The van der Waals surface area contributed by atoms with Crippen LogP contribution in [0.3, 0.4) is 0 Å². The first-order chi connectivity index (χ1) is 8.40. The van der Waals surface area contributed by atoms with Crippen molar-refractivity contribution < 1.29 is 0 Å². The predicted molar refractivity (Wildman–Crippen MR) is 83.6 cm³/mol. The summed E-state index contributed by atoms with van der Waals surface area (Å²) in [6.45, 7) is 11.9. The van der Waals surface area contributed by atoms with E-state index in [1.807, 2.05) is 11.8 Å². The Morgan fingerprint density at radius 3 is 2.33 bits per heavy atom. The molecule has 0 bridgehead atoms. The van der Waals surface area contributed by atoms with Crippen LogP contribution in [-0.2, 0) is 6.54 Å². The highest BCUT2D eigenvalue weighted by molar-refractivity contribution is 8.00. The van der Waals surface area contributed by atoms with E-state index in [1.54, 1.807) is 0 Å². The summed E-state index contributed by atoms with van der Waals surface area (Å²) in [5.74, 6) is 0.677. The van der Waals surface area contributed by atoms with Crippen LogP contribution in [0.1, 0.15) is 40.2 Å². The van der Waals surface area contributed by atoms with Crippen LogP contribution >= 0.6 is 23.4 Å². The van der Waals surface area contributed by atoms with Gasteiger partial charge in [0.05, 0.1) is 0 Å². The Kier molecular flexibility index (Phi) is 6.54. The van der Waals surface area contributed by atoms with Gasteiger partial charge in [0.25, 0.3) is 0 Å². The van der Waals surface area contributed by atoms with Crippen LogP contribution in [0, 0.1) is 5.92 Å². The highest BCUT2D eigenvalue weighted by Gasteiger charge is 2.10. The zero-order chi connectivity index (χ0) is 13.7. The van der Waals surface area contributed by atoms with E-state index in [2.05, 4.69) is 58.1 Å². The molecule has 0 saturated heterocycles. The molecule has 0 aromatic heterocycles. The van der Waals surface area contributed by atoms with Gasteiger partial charge in [-0.05, 0) is 23.6 Å². The number of nitrogens with one attached hydrogen (secondary N) is 1. The van der Waals surface area contributed by atoms with Gasteiger partial charge >= 0.3 is 0 Å². The largest absolute Gasteiger partial charge is 0.310 e. The van der Waals surface area contributed by atoms with E-state index < -0.39 is 0 Å². The van der Waals surface area contributed by atoms with E-state index in [4.69, 9.17) is 11.6 Å². The Bertz CT molecular complexity index is 377. The van der Waals surface area contributed by atoms with E-state index in [0.29, 0.717) is 17.2 Å². The SMILES string of the molecule is CC(C)NCc1ccc(SC(C)C(C)C)cc1Cl.